The van der Waals surface area contributed by atoms with Crippen LogP contribution in [-0.2, 0) is 32.2 Å². The predicted octanol–water partition coefficient (Wildman–Crippen LogP) is -1.94. The van der Waals surface area contributed by atoms with Gasteiger partial charge in [-0.1, -0.05) is 0 Å². The monoisotopic (exact) mass is 272 g/mol. The van der Waals surface area contributed by atoms with Crippen molar-refractivity contribution in [1.29, 1.82) is 0 Å². The molecule has 0 radical (unpaired) electrons. The molecule has 1 N–H and O–H groups in total. The van der Waals surface area contributed by atoms with Gasteiger partial charge in [-0.25, -0.2) is 9.36 Å². The first kappa shape index (κ1) is 14.5. The highest BCUT2D eigenvalue weighted by Crippen LogP contribution is 2.01. The lowest BCUT2D eigenvalue weighted by Gasteiger charge is -2.10. The summed E-state index contributed by atoms with van der Waals surface area (Å²) in [7, 11) is 2.20. The van der Waals surface area contributed by atoms with Crippen LogP contribution in [-0.4, -0.2) is 40.4 Å². The molecule has 1 aromatic rings. The summed E-state index contributed by atoms with van der Waals surface area (Å²) in [6.07, 6.45) is 0. The number of esters is 2. The summed E-state index contributed by atoms with van der Waals surface area (Å²) in [6.45, 7) is -1.20. The third-order valence-electron chi connectivity index (χ3n) is 2.29. The number of ether oxygens (including phenoxy) is 2. The third-order valence-corrected chi connectivity index (χ3v) is 2.29. The molecule has 1 rings (SSSR count). The van der Waals surface area contributed by atoms with Crippen LogP contribution in [0.4, 0.5) is 0 Å². The zero-order chi connectivity index (χ0) is 14.6. The van der Waals surface area contributed by atoms with Gasteiger partial charge in [0.1, 0.15) is 13.1 Å². The molecule has 0 amide bonds. The second-order valence-electron chi connectivity index (χ2n) is 3.45. The topological polar surface area (TPSA) is 117 Å². The van der Waals surface area contributed by atoms with Crippen LogP contribution in [0.2, 0.25) is 0 Å². The van der Waals surface area contributed by atoms with Crippen molar-refractivity contribution in [1.82, 2.24) is 9.13 Å². The highest BCUT2D eigenvalue weighted by atomic mass is 16.5. The van der Waals surface area contributed by atoms with Crippen molar-refractivity contribution in [3.8, 4) is 5.88 Å². The lowest BCUT2D eigenvalue weighted by Crippen LogP contribution is -2.42. The maximum atomic E-state index is 11.9. The molecule has 0 spiro atoms. The van der Waals surface area contributed by atoms with Crippen LogP contribution in [0.3, 0.4) is 0 Å². The average Bonchev–Trinajstić information content (AvgIpc) is 2.38. The molecule has 0 aliphatic rings. The molecule has 0 atom stereocenters. The van der Waals surface area contributed by atoms with Gasteiger partial charge in [-0.2, -0.15) is 0 Å². The van der Waals surface area contributed by atoms with Crippen LogP contribution in [0.15, 0.2) is 15.7 Å². The zero-order valence-electron chi connectivity index (χ0n) is 10.3. The number of hydrogen-bond donors (Lipinski definition) is 1. The molecule has 0 saturated carbocycles. The van der Waals surface area contributed by atoms with Gasteiger partial charge in [-0.05, 0) is 0 Å². The number of carbonyl (C=O) groups is 2. The Bertz CT molecular complexity index is 613. The molecule has 0 aromatic carbocycles. The average molecular weight is 272 g/mol. The maximum absolute atomic E-state index is 11.9. The molecule has 104 valence electrons. The summed E-state index contributed by atoms with van der Waals surface area (Å²) in [6, 6.07) is 0.716. The summed E-state index contributed by atoms with van der Waals surface area (Å²) in [5.74, 6) is -2.29. The standard InChI is InChI=1S/C10H12N2O7/c1-18-8(15)4-11-6(13)3-7(14)12(10(11)17)5-9(16)19-2/h3,13H,4-5H2,1-2H3. The van der Waals surface area contributed by atoms with Crippen molar-refractivity contribution >= 4 is 11.9 Å². The minimum atomic E-state index is -1.01. The summed E-state index contributed by atoms with van der Waals surface area (Å²) in [5, 5.41) is 9.46. The van der Waals surface area contributed by atoms with Crippen molar-refractivity contribution in [2.75, 3.05) is 14.2 Å². The second kappa shape index (κ2) is 5.85. The fourth-order valence-corrected chi connectivity index (χ4v) is 1.29. The lowest BCUT2D eigenvalue weighted by molar-refractivity contribution is -0.141. The van der Waals surface area contributed by atoms with Gasteiger partial charge in [0.15, 0.2) is 0 Å². The van der Waals surface area contributed by atoms with Gasteiger partial charge in [0, 0.05) is 0 Å². The van der Waals surface area contributed by atoms with Crippen molar-refractivity contribution in [3.05, 3.63) is 26.9 Å². The summed E-state index contributed by atoms with van der Waals surface area (Å²) >= 11 is 0. The molecular formula is C10H12N2O7. The van der Waals surface area contributed by atoms with E-state index in [0.29, 0.717) is 15.2 Å². The third kappa shape index (κ3) is 3.21. The minimum Gasteiger partial charge on any atom is -0.494 e. The Morgan fingerprint density at radius 3 is 2.05 bits per heavy atom. The van der Waals surface area contributed by atoms with Crippen molar-refractivity contribution in [2.45, 2.75) is 13.1 Å². The number of aromatic nitrogens is 2. The van der Waals surface area contributed by atoms with Crippen LogP contribution >= 0.6 is 0 Å². The van der Waals surface area contributed by atoms with E-state index in [1.807, 2.05) is 0 Å². The Labute approximate surface area is 106 Å². The number of nitrogens with zero attached hydrogens (tertiary/aromatic N) is 2. The molecule has 9 nitrogen and oxygen atoms in total. The summed E-state index contributed by atoms with van der Waals surface area (Å²) < 4.78 is 9.83. The van der Waals surface area contributed by atoms with Crippen molar-refractivity contribution < 1.29 is 24.2 Å². The number of aromatic hydroxyl groups is 1. The van der Waals surface area contributed by atoms with E-state index in [9.17, 15) is 24.3 Å². The molecule has 0 saturated heterocycles. The smallest absolute Gasteiger partial charge is 0.334 e. The van der Waals surface area contributed by atoms with Crippen LogP contribution in [0.1, 0.15) is 0 Å². The van der Waals surface area contributed by atoms with Gasteiger partial charge in [-0.3, -0.25) is 19.0 Å². The van der Waals surface area contributed by atoms with Crippen molar-refractivity contribution in [3.63, 3.8) is 0 Å². The Morgan fingerprint density at radius 2 is 1.58 bits per heavy atom. The normalized spacial score (nSPS) is 10.0. The summed E-state index contributed by atoms with van der Waals surface area (Å²) in [5.41, 5.74) is -1.89. The Balaban J connectivity index is 3.30. The number of rotatable bonds is 4. The quantitative estimate of drug-likeness (QED) is 0.634. The Kier molecular flexibility index (Phi) is 4.46. The lowest BCUT2D eigenvalue weighted by atomic mass is 10.5. The Hall–Kier alpha value is -2.58. The fraction of sp³-hybridized carbons (Fsp3) is 0.400. The largest absolute Gasteiger partial charge is 0.494 e. The minimum absolute atomic E-state index is 0.536. The molecule has 0 bridgehead atoms. The first-order chi connectivity index (χ1) is 8.90. The van der Waals surface area contributed by atoms with E-state index in [1.54, 1.807) is 0 Å². The van der Waals surface area contributed by atoms with Crippen LogP contribution in [0.5, 0.6) is 5.88 Å². The van der Waals surface area contributed by atoms with Gasteiger partial charge in [0.2, 0.25) is 5.88 Å². The van der Waals surface area contributed by atoms with Gasteiger partial charge >= 0.3 is 17.6 Å². The highest BCUT2D eigenvalue weighted by molar-refractivity contribution is 5.69. The first-order valence-corrected chi connectivity index (χ1v) is 5.08. The van der Waals surface area contributed by atoms with E-state index in [2.05, 4.69) is 9.47 Å². The number of carbonyl (C=O) groups excluding carboxylic acids is 2. The molecule has 0 aliphatic heterocycles. The molecule has 0 aliphatic carbocycles. The second-order valence-corrected chi connectivity index (χ2v) is 3.45. The Morgan fingerprint density at radius 1 is 1.11 bits per heavy atom. The maximum Gasteiger partial charge on any atom is 0.334 e. The van der Waals surface area contributed by atoms with Gasteiger partial charge < -0.3 is 14.6 Å². The van der Waals surface area contributed by atoms with E-state index < -0.39 is 42.2 Å². The van der Waals surface area contributed by atoms with Crippen molar-refractivity contribution in [2.24, 2.45) is 0 Å². The molecule has 1 heterocycles. The number of methoxy groups -OCH3 is 2. The fourth-order valence-electron chi connectivity index (χ4n) is 1.29. The van der Waals surface area contributed by atoms with Gasteiger partial charge in [0.05, 0.1) is 20.3 Å². The molecule has 19 heavy (non-hydrogen) atoms. The van der Waals surface area contributed by atoms with E-state index in [1.165, 1.54) is 0 Å². The highest BCUT2D eigenvalue weighted by Gasteiger charge is 2.16. The molecule has 0 fully saturated rings. The van der Waals surface area contributed by atoms with Gasteiger partial charge in [-0.15, -0.1) is 0 Å². The SMILES string of the molecule is COC(=O)Cn1c(O)cc(=O)n(CC(=O)OC)c1=O. The first-order valence-electron chi connectivity index (χ1n) is 5.08. The van der Waals surface area contributed by atoms with E-state index in [4.69, 9.17) is 0 Å². The van der Waals surface area contributed by atoms with E-state index in [-0.39, 0.29) is 0 Å². The van der Waals surface area contributed by atoms with Gasteiger partial charge in [0.25, 0.3) is 5.56 Å². The van der Waals surface area contributed by atoms with E-state index in [0.717, 1.165) is 14.2 Å². The predicted molar refractivity (Wildman–Crippen MR) is 60.7 cm³/mol. The van der Waals surface area contributed by atoms with Crippen LogP contribution in [0, 0.1) is 0 Å². The molecule has 1 aromatic heterocycles. The number of hydrogen-bond acceptors (Lipinski definition) is 7. The summed E-state index contributed by atoms with van der Waals surface area (Å²) in [4.78, 5) is 45.5. The molecule has 0 unspecified atom stereocenters. The molecular weight excluding hydrogens is 260 g/mol. The molecule has 9 heteroatoms. The van der Waals surface area contributed by atoms with E-state index >= 15 is 0 Å². The zero-order valence-corrected chi connectivity index (χ0v) is 10.3. The van der Waals surface area contributed by atoms with Crippen LogP contribution in [0.25, 0.3) is 0 Å². The van der Waals surface area contributed by atoms with Crippen LogP contribution < -0.4 is 11.2 Å².